The average molecular weight is 384 g/mol. The summed E-state index contributed by atoms with van der Waals surface area (Å²) in [6.07, 6.45) is 0. The second-order valence-corrected chi connectivity index (χ2v) is 7.35. The van der Waals surface area contributed by atoms with E-state index in [0.717, 1.165) is 0 Å². The zero-order valence-corrected chi connectivity index (χ0v) is 15.7. The number of hydrogen-bond acceptors (Lipinski definition) is 5. The second-order valence-electron chi connectivity index (χ2n) is 6.53. The third-order valence-corrected chi connectivity index (χ3v) is 3.95. The van der Waals surface area contributed by atoms with E-state index in [0.29, 0.717) is 11.3 Å². The van der Waals surface area contributed by atoms with Crippen LogP contribution in [0.15, 0.2) is 29.5 Å². The SMILES string of the molecule is CC1=C(C(=O)OC(C)(C)C)C(c2cc([N+](=O)[O-])ccc2Cl)NC(=S)N1. The molecule has 0 radical (unpaired) electrons. The standard InChI is InChI=1S/C16H18ClN3O4S/c1-8-12(14(21)24-16(2,3)4)13(19-15(25)18-8)10-7-9(20(22)23)5-6-11(10)17/h5-7,13H,1-4H3,(H2,18,19,25). The summed E-state index contributed by atoms with van der Waals surface area (Å²) in [5, 5.41) is 17.5. The topological polar surface area (TPSA) is 93.5 Å². The van der Waals surface area contributed by atoms with Crippen molar-refractivity contribution >= 4 is 40.6 Å². The molecular weight excluding hydrogens is 366 g/mol. The Morgan fingerprint density at radius 3 is 2.60 bits per heavy atom. The Balaban J connectivity index is 2.55. The Kier molecular flexibility index (Phi) is 5.34. The van der Waals surface area contributed by atoms with Crippen LogP contribution in [0.2, 0.25) is 5.02 Å². The number of ether oxygens (including phenoxy) is 1. The van der Waals surface area contributed by atoms with Gasteiger partial charge < -0.3 is 15.4 Å². The summed E-state index contributed by atoms with van der Waals surface area (Å²) >= 11 is 11.4. The summed E-state index contributed by atoms with van der Waals surface area (Å²) in [7, 11) is 0. The van der Waals surface area contributed by atoms with E-state index in [1.807, 2.05) is 0 Å². The number of nitrogens with zero attached hydrogens (tertiary/aromatic N) is 1. The molecule has 7 nitrogen and oxygen atoms in total. The van der Waals surface area contributed by atoms with Crippen LogP contribution < -0.4 is 10.6 Å². The Bertz CT molecular complexity index is 786. The molecule has 1 atom stereocenters. The van der Waals surface area contributed by atoms with E-state index >= 15 is 0 Å². The number of carbonyl (C=O) groups is 1. The van der Waals surface area contributed by atoms with Crippen molar-refractivity contribution in [2.24, 2.45) is 0 Å². The van der Waals surface area contributed by atoms with E-state index in [9.17, 15) is 14.9 Å². The Labute approximate surface area is 155 Å². The number of nitro benzene ring substituents is 1. The van der Waals surface area contributed by atoms with Crippen molar-refractivity contribution in [2.45, 2.75) is 39.3 Å². The molecule has 0 spiro atoms. The monoisotopic (exact) mass is 383 g/mol. The van der Waals surface area contributed by atoms with Crippen LogP contribution >= 0.6 is 23.8 Å². The predicted octanol–water partition coefficient (Wildman–Crippen LogP) is 3.38. The Hall–Kier alpha value is -2.19. The number of benzene rings is 1. The van der Waals surface area contributed by atoms with Gasteiger partial charge in [0.15, 0.2) is 5.11 Å². The zero-order chi connectivity index (χ0) is 18.9. The van der Waals surface area contributed by atoms with Crippen molar-refractivity contribution in [3.05, 3.63) is 50.2 Å². The molecule has 134 valence electrons. The van der Waals surface area contributed by atoms with E-state index in [-0.39, 0.29) is 21.4 Å². The van der Waals surface area contributed by atoms with Crippen LogP contribution in [0, 0.1) is 10.1 Å². The molecule has 0 fully saturated rings. The molecular formula is C16H18ClN3O4S. The van der Waals surface area contributed by atoms with Gasteiger partial charge in [-0.3, -0.25) is 10.1 Å². The highest BCUT2D eigenvalue weighted by Gasteiger charge is 2.34. The summed E-state index contributed by atoms with van der Waals surface area (Å²) in [6, 6.07) is 3.29. The van der Waals surface area contributed by atoms with Gasteiger partial charge in [0.1, 0.15) is 5.60 Å². The van der Waals surface area contributed by atoms with E-state index in [1.54, 1.807) is 27.7 Å². The van der Waals surface area contributed by atoms with Crippen LogP contribution in [-0.2, 0) is 9.53 Å². The predicted molar refractivity (Wildman–Crippen MR) is 98.3 cm³/mol. The van der Waals surface area contributed by atoms with Gasteiger partial charge in [-0.2, -0.15) is 0 Å². The molecule has 2 N–H and O–H groups in total. The van der Waals surface area contributed by atoms with Gasteiger partial charge in [-0.25, -0.2) is 4.79 Å². The molecule has 0 aromatic heterocycles. The van der Waals surface area contributed by atoms with Gasteiger partial charge in [0.05, 0.1) is 16.5 Å². The molecule has 1 aromatic carbocycles. The van der Waals surface area contributed by atoms with Gasteiger partial charge in [0.2, 0.25) is 0 Å². The molecule has 0 aliphatic carbocycles. The lowest BCUT2D eigenvalue weighted by Crippen LogP contribution is -2.46. The molecule has 2 rings (SSSR count). The van der Waals surface area contributed by atoms with E-state index in [1.165, 1.54) is 18.2 Å². The summed E-state index contributed by atoms with van der Waals surface area (Å²) < 4.78 is 5.46. The highest BCUT2D eigenvalue weighted by atomic mass is 35.5. The van der Waals surface area contributed by atoms with Crippen LogP contribution in [0.5, 0.6) is 0 Å². The maximum atomic E-state index is 12.7. The molecule has 0 amide bonds. The van der Waals surface area contributed by atoms with E-state index < -0.39 is 22.5 Å². The normalized spacial score (nSPS) is 17.6. The van der Waals surface area contributed by atoms with Gasteiger partial charge in [-0.05, 0) is 46.0 Å². The van der Waals surface area contributed by atoms with Gasteiger partial charge in [0, 0.05) is 28.4 Å². The molecule has 1 aliphatic rings. The Morgan fingerprint density at radius 1 is 1.40 bits per heavy atom. The lowest BCUT2D eigenvalue weighted by molar-refractivity contribution is -0.384. The highest BCUT2D eigenvalue weighted by molar-refractivity contribution is 7.80. The molecule has 1 aromatic rings. The number of rotatable bonds is 3. The van der Waals surface area contributed by atoms with Crippen LogP contribution in [0.4, 0.5) is 5.69 Å². The summed E-state index contributed by atoms with van der Waals surface area (Å²) in [4.78, 5) is 23.2. The van der Waals surface area contributed by atoms with Crippen LogP contribution in [0.1, 0.15) is 39.3 Å². The second kappa shape index (κ2) is 6.97. The number of nitro groups is 1. The van der Waals surface area contributed by atoms with Crippen molar-refractivity contribution in [3.63, 3.8) is 0 Å². The third kappa shape index (κ3) is 4.46. The smallest absolute Gasteiger partial charge is 0.338 e. The first-order valence-corrected chi connectivity index (χ1v) is 8.23. The number of halogens is 1. The van der Waals surface area contributed by atoms with Gasteiger partial charge in [0.25, 0.3) is 5.69 Å². The largest absolute Gasteiger partial charge is 0.456 e. The number of thiocarbonyl (C=S) groups is 1. The van der Waals surface area contributed by atoms with Crippen molar-refractivity contribution in [3.8, 4) is 0 Å². The molecule has 25 heavy (non-hydrogen) atoms. The number of allylic oxidation sites excluding steroid dienone is 1. The summed E-state index contributed by atoms with van der Waals surface area (Å²) in [6.45, 7) is 6.95. The quantitative estimate of drug-likeness (QED) is 0.357. The maximum Gasteiger partial charge on any atom is 0.338 e. The van der Waals surface area contributed by atoms with Gasteiger partial charge >= 0.3 is 5.97 Å². The molecule has 0 saturated heterocycles. The molecule has 0 bridgehead atoms. The average Bonchev–Trinajstić information content (AvgIpc) is 2.44. The van der Waals surface area contributed by atoms with Crippen molar-refractivity contribution < 1.29 is 14.5 Å². The van der Waals surface area contributed by atoms with E-state index in [2.05, 4.69) is 10.6 Å². The first-order valence-electron chi connectivity index (χ1n) is 7.45. The van der Waals surface area contributed by atoms with E-state index in [4.69, 9.17) is 28.6 Å². The minimum absolute atomic E-state index is 0.133. The first-order chi connectivity index (χ1) is 11.5. The van der Waals surface area contributed by atoms with Crippen LogP contribution in [0.25, 0.3) is 0 Å². The minimum atomic E-state index is -0.754. The van der Waals surface area contributed by atoms with Gasteiger partial charge in [-0.15, -0.1) is 0 Å². The molecule has 0 saturated carbocycles. The number of nitrogens with one attached hydrogen (secondary N) is 2. The summed E-state index contributed by atoms with van der Waals surface area (Å²) in [5.74, 6) is -0.555. The summed E-state index contributed by atoms with van der Waals surface area (Å²) in [5.41, 5.74) is 0.322. The fraction of sp³-hybridized carbons (Fsp3) is 0.375. The lowest BCUT2D eigenvalue weighted by Gasteiger charge is -2.32. The number of non-ortho nitro benzene ring substituents is 1. The van der Waals surface area contributed by atoms with Gasteiger partial charge in [-0.1, -0.05) is 11.6 Å². The Morgan fingerprint density at radius 2 is 2.04 bits per heavy atom. The number of carbonyl (C=O) groups excluding carboxylic acids is 1. The molecule has 1 aliphatic heterocycles. The van der Waals surface area contributed by atoms with Crippen molar-refractivity contribution in [1.82, 2.24) is 10.6 Å². The molecule has 9 heteroatoms. The first kappa shape index (κ1) is 19.1. The van der Waals surface area contributed by atoms with Crippen LogP contribution in [-0.4, -0.2) is 21.6 Å². The minimum Gasteiger partial charge on any atom is -0.456 e. The maximum absolute atomic E-state index is 12.7. The molecule has 1 heterocycles. The fourth-order valence-electron chi connectivity index (χ4n) is 2.40. The lowest BCUT2D eigenvalue weighted by atomic mass is 9.95. The zero-order valence-electron chi connectivity index (χ0n) is 14.2. The van der Waals surface area contributed by atoms with Crippen molar-refractivity contribution in [1.29, 1.82) is 0 Å². The number of hydrogen-bond donors (Lipinski definition) is 2. The fourth-order valence-corrected chi connectivity index (χ4v) is 2.89. The highest BCUT2D eigenvalue weighted by Crippen LogP contribution is 2.35. The third-order valence-electron chi connectivity index (χ3n) is 3.39. The number of esters is 1. The van der Waals surface area contributed by atoms with Crippen molar-refractivity contribution in [2.75, 3.05) is 0 Å². The molecule has 1 unspecified atom stereocenters. The van der Waals surface area contributed by atoms with Crippen LogP contribution in [0.3, 0.4) is 0 Å².